The highest BCUT2D eigenvalue weighted by atomic mass is 16.6. The molecule has 0 fully saturated rings. The minimum absolute atomic E-state index is 0.0113. The summed E-state index contributed by atoms with van der Waals surface area (Å²) in [5.41, 5.74) is 2.19. The first kappa shape index (κ1) is 26.2. The van der Waals surface area contributed by atoms with E-state index in [9.17, 15) is 10.2 Å². The SMILES string of the molecule is Oc1c2cccc1OCCOCCOCCOCCOc1cccc(c1O)C=Nc1ccccc1N=C2. The van der Waals surface area contributed by atoms with Crippen molar-refractivity contribution in [3.8, 4) is 23.0 Å². The summed E-state index contributed by atoms with van der Waals surface area (Å²) in [5.74, 6) is 0.663. The maximum absolute atomic E-state index is 10.6. The summed E-state index contributed by atoms with van der Waals surface area (Å²) in [7, 11) is 0. The number of phenols is 2. The highest BCUT2D eigenvalue weighted by Crippen LogP contribution is 2.32. The largest absolute Gasteiger partial charge is 0.504 e. The Kier molecular flexibility index (Phi) is 9.88. The van der Waals surface area contributed by atoms with E-state index in [2.05, 4.69) is 9.98 Å². The third kappa shape index (κ3) is 7.78. The Labute approximate surface area is 215 Å². The Bertz CT molecular complexity index is 1120. The van der Waals surface area contributed by atoms with Gasteiger partial charge in [0.1, 0.15) is 13.2 Å². The van der Waals surface area contributed by atoms with Gasteiger partial charge in [-0.05, 0) is 36.4 Å². The standard InChI is InChI=1S/C28H30N2O7/c31-27-21-5-3-9-25(27)36-17-15-34-13-11-33-12-14-35-16-18-37-26-10-4-6-22(28(26)32)20-30-24-8-2-1-7-23(24)29-19-21/h1-10,19-20,31-32H,11-18H2. The average molecular weight is 507 g/mol. The summed E-state index contributed by atoms with van der Waals surface area (Å²) < 4.78 is 27.8. The van der Waals surface area contributed by atoms with Gasteiger partial charge in [0, 0.05) is 23.6 Å². The Morgan fingerprint density at radius 1 is 0.486 bits per heavy atom. The zero-order valence-electron chi connectivity index (χ0n) is 20.4. The molecule has 4 bridgehead atoms. The van der Waals surface area contributed by atoms with Crippen LogP contribution in [-0.4, -0.2) is 75.5 Å². The van der Waals surface area contributed by atoms with E-state index >= 15 is 0 Å². The molecule has 0 saturated carbocycles. The molecule has 9 nitrogen and oxygen atoms in total. The lowest BCUT2D eigenvalue weighted by atomic mass is 10.2. The van der Waals surface area contributed by atoms with Crippen molar-refractivity contribution in [3.63, 3.8) is 0 Å². The van der Waals surface area contributed by atoms with Crippen LogP contribution in [0.15, 0.2) is 70.6 Å². The molecule has 2 N–H and O–H groups in total. The van der Waals surface area contributed by atoms with Gasteiger partial charge in [0.15, 0.2) is 23.0 Å². The second kappa shape index (κ2) is 14.0. The maximum Gasteiger partial charge on any atom is 0.166 e. The normalized spacial score (nSPS) is 15.9. The third-order valence-electron chi connectivity index (χ3n) is 5.34. The summed E-state index contributed by atoms with van der Waals surface area (Å²) in [6, 6.07) is 17.7. The van der Waals surface area contributed by atoms with E-state index < -0.39 is 0 Å². The van der Waals surface area contributed by atoms with Crippen molar-refractivity contribution in [2.24, 2.45) is 9.98 Å². The molecule has 0 saturated heterocycles. The monoisotopic (exact) mass is 506 g/mol. The van der Waals surface area contributed by atoms with E-state index in [0.29, 0.717) is 73.6 Å². The predicted octanol–water partition coefficient (Wildman–Crippen LogP) is 4.42. The molecule has 4 rings (SSSR count). The van der Waals surface area contributed by atoms with Crippen LogP contribution in [0.25, 0.3) is 0 Å². The minimum Gasteiger partial charge on any atom is -0.504 e. The Hall–Kier alpha value is -3.92. The number of ether oxygens (including phenoxy) is 5. The van der Waals surface area contributed by atoms with Crippen molar-refractivity contribution < 1.29 is 33.9 Å². The number of para-hydroxylation sites is 4. The van der Waals surface area contributed by atoms with Gasteiger partial charge in [-0.15, -0.1) is 0 Å². The van der Waals surface area contributed by atoms with Crippen LogP contribution in [-0.2, 0) is 14.2 Å². The van der Waals surface area contributed by atoms with E-state index in [1.54, 1.807) is 48.8 Å². The van der Waals surface area contributed by atoms with E-state index in [1.165, 1.54) is 0 Å². The molecule has 0 unspecified atom stereocenters. The number of aliphatic imine (C=N–C) groups is 2. The van der Waals surface area contributed by atoms with E-state index in [0.717, 1.165) is 0 Å². The summed E-state index contributed by atoms with van der Waals surface area (Å²) in [6.07, 6.45) is 3.11. The van der Waals surface area contributed by atoms with Crippen molar-refractivity contribution in [1.29, 1.82) is 0 Å². The highest BCUT2D eigenvalue weighted by molar-refractivity contribution is 5.90. The first-order valence-corrected chi connectivity index (χ1v) is 12.0. The molecule has 0 atom stereocenters. The Morgan fingerprint density at radius 2 is 0.892 bits per heavy atom. The molecule has 0 aromatic heterocycles. The molecule has 0 spiro atoms. The van der Waals surface area contributed by atoms with Gasteiger partial charge in [-0.3, -0.25) is 9.98 Å². The topological polar surface area (TPSA) is 111 Å². The van der Waals surface area contributed by atoms with Crippen LogP contribution in [0.1, 0.15) is 11.1 Å². The summed E-state index contributed by atoms with van der Waals surface area (Å²) in [5, 5.41) is 21.3. The van der Waals surface area contributed by atoms with Crippen LogP contribution in [0, 0.1) is 0 Å². The number of hydrogen-bond acceptors (Lipinski definition) is 9. The number of aromatic hydroxyl groups is 2. The van der Waals surface area contributed by atoms with Crippen LogP contribution in [0.4, 0.5) is 11.4 Å². The first-order chi connectivity index (χ1) is 18.2. The lowest BCUT2D eigenvalue weighted by Crippen LogP contribution is -2.14. The fraction of sp³-hybridized carbons (Fsp3) is 0.286. The van der Waals surface area contributed by atoms with Crippen LogP contribution in [0.3, 0.4) is 0 Å². The van der Waals surface area contributed by atoms with Gasteiger partial charge in [-0.2, -0.15) is 0 Å². The van der Waals surface area contributed by atoms with Gasteiger partial charge in [-0.25, -0.2) is 0 Å². The number of hydrogen-bond donors (Lipinski definition) is 2. The fourth-order valence-electron chi connectivity index (χ4n) is 3.44. The van der Waals surface area contributed by atoms with Gasteiger partial charge >= 0.3 is 0 Å². The molecule has 3 aromatic carbocycles. The Balaban J connectivity index is 1.56. The average Bonchev–Trinajstić information content (AvgIpc) is 2.91. The molecule has 1 aliphatic rings. The number of phenolic OH excluding ortho intramolecular Hbond substituents is 2. The number of benzene rings is 3. The van der Waals surface area contributed by atoms with Crippen molar-refractivity contribution >= 4 is 23.8 Å². The lowest BCUT2D eigenvalue weighted by molar-refractivity contribution is 0.00479. The molecule has 194 valence electrons. The van der Waals surface area contributed by atoms with Crippen LogP contribution in [0.2, 0.25) is 0 Å². The van der Waals surface area contributed by atoms with Gasteiger partial charge in [0.25, 0.3) is 0 Å². The quantitative estimate of drug-likeness (QED) is 0.464. The van der Waals surface area contributed by atoms with Gasteiger partial charge in [-0.1, -0.05) is 24.3 Å². The molecule has 0 radical (unpaired) electrons. The molecule has 1 heterocycles. The molecule has 0 aliphatic carbocycles. The predicted molar refractivity (Wildman–Crippen MR) is 141 cm³/mol. The summed E-state index contributed by atoms with van der Waals surface area (Å²) >= 11 is 0. The molecule has 9 heteroatoms. The van der Waals surface area contributed by atoms with Crippen molar-refractivity contribution in [2.45, 2.75) is 0 Å². The molecule has 0 amide bonds. The van der Waals surface area contributed by atoms with Crippen molar-refractivity contribution in [3.05, 3.63) is 71.8 Å². The molecular formula is C28H30N2O7. The van der Waals surface area contributed by atoms with Crippen molar-refractivity contribution in [1.82, 2.24) is 0 Å². The van der Waals surface area contributed by atoms with Gasteiger partial charge in [0.05, 0.1) is 51.0 Å². The van der Waals surface area contributed by atoms with Crippen LogP contribution < -0.4 is 9.47 Å². The number of nitrogens with zero attached hydrogens (tertiary/aromatic N) is 2. The second-order valence-corrected chi connectivity index (χ2v) is 7.93. The number of fused-ring (bicyclic) bond motifs is 5. The zero-order valence-corrected chi connectivity index (χ0v) is 20.4. The summed E-state index contributed by atoms with van der Waals surface area (Å²) in [6.45, 7) is 2.97. The molecule has 3 aromatic rings. The van der Waals surface area contributed by atoms with Crippen LogP contribution in [0.5, 0.6) is 23.0 Å². The van der Waals surface area contributed by atoms with Crippen LogP contribution >= 0.6 is 0 Å². The summed E-state index contributed by atoms with van der Waals surface area (Å²) in [4.78, 5) is 9.05. The van der Waals surface area contributed by atoms with E-state index in [1.807, 2.05) is 24.3 Å². The van der Waals surface area contributed by atoms with E-state index in [-0.39, 0.29) is 24.7 Å². The lowest BCUT2D eigenvalue weighted by Gasteiger charge is -2.11. The van der Waals surface area contributed by atoms with Crippen molar-refractivity contribution in [2.75, 3.05) is 52.9 Å². The Morgan fingerprint density at radius 3 is 1.32 bits per heavy atom. The second-order valence-electron chi connectivity index (χ2n) is 7.93. The minimum atomic E-state index is -0.0113. The molecule has 1 aliphatic heterocycles. The van der Waals surface area contributed by atoms with Gasteiger partial charge in [0.2, 0.25) is 0 Å². The van der Waals surface area contributed by atoms with Gasteiger partial charge < -0.3 is 33.9 Å². The highest BCUT2D eigenvalue weighted by Gasteiger charge is 2.09. The first-order valence-electron chi connectivity index (χ1n) is 12.0. The molecular weight excluding hydrogens is 476 g/mol. The zero-order chi connectivity index (χ0) is 25.7. The fourth-order valence-corrected chi connectivity index (χ4v) is 3.44. The van der Waals surface area contributed by atoms with E-state index in [4.69, 9.17) is 23.7 Å². The maximum atomic E-state index is 10.6. The molecule has 37 heavy (non-hydrogen) atoms. The number of rotatable bonds is 0. The third-order valence-corrected chi connectivity index (χ3v) is 5.34. The smallest absolute Gasteiger partial charge is 0.166 e.